The Bertz CT molecular complexity index is 1370. The zero-order valence-corrected chi connectivity index (χ0v) is 39.0. The standard InChI is InChI=1S/C49H84O12S/c1-3-5-7-9-11-13-15-17-18-19-20-21-22-23-24-26-27-29-31-33-35-37-44(50)58-39-42(40-59-49-48(54)47(53)46(52)43(61-49)41-62(55,56)57)60-45(51)38-36-34-32-30-28-25-16-14-12-10-8-6-4-2/h6,8,12,14-15,17,19-20,25,28,42-43,46-49,52-54H,3-5,7,9-11,13,16,18,21-24,26-27,29-41H2,1-2H3,(H,55,56,57)/b8-6-,14-12-,17-15-,20-19-,28-25-. The summed E-state index contributed by atoms with van der Waals surface area (Å²) in [5.74, 6) is -2.03. The molecule has 62 heavy (non-hydrogen) atoms. The number of aliphatic hydroxyl groups excluding tert-OH is 3. The van der Waals surface area contributed by atoms with Crippen molar-refractivity contribution in [1.82, 2.24) is 0 Å². The van der Waals surface area contributed by atoms with Crippen LogP contribution in [0.25, 0.3) is 0 Å². The van der Waals surface area contributed by atoms with Gasteiger partial charge in [-0.3, -0.25) is 14.1 Å². The highest BCUT2D eigenvalue weighted by Crippen LogP contribution is 2.24. The van der Waals surface area contributed by atoms with Gasteiger partial charge in [0.1, 0.15) is 36.8 Å². The monoisotopic (exact) mass is 897 g/mol. The van der Waals surface area contributed by atoms with E-state index in [1.165, 1.54) is 70.6 Å². The first-order chi connectivity index (χ1) is 30.0. The van der Waals surface area contributed by atoms with Crippen LogP contribution in [-0.2, 0) is 38.7 Å². The number of aliphatic hydroxyl groups is 3. The van der Waals surface area contributed by atoms with Crippen molar-refractivity contribution in [1.29, 1.82) is 0 Å². The van der Waals surface area contributed by atoms with E-state index in [9.17, 15) is 37.9 Å². The lowest BCUT2D eigenvalue weighted by molar-refractivity contribution is -0.297. The van der Waals surface area contributed by atoms with Crippen molar-refractivity contribution in [2.45, 2.75) is 218 Å². The quantitative estimate of drug-likeness (QED) is 0.0198. The molecule has 0 aromatic carbocycles. The number of rotatable bonds is 39. The Morgan fingerprint density at radius 3 is 1.53 bits per heavy atom. The van der Waals surface area contributed by atoms with Crippen LogP contribution in [0.4, 0.5) is 0 Å². The molecule has 6 atom stereocenters. The van der Waals surface area contributed by atoms with E-state index in [0.717, 1.165) is 70.6 Å². The maximum absolute atomic E-state index is 12.8. The van der Waals surface area contributed by atoms with Gasteiger partial charge in [-0.15, -0.1) is 0 Å². The second-order valence-electron chi connectivity index (χ2n) is 16.4. The first kappa shape index (κ1) is 57.4. The number of carbonyl (C=O) groups is 2. The Kier molecular flexibility index (Phi) is 35.9. The maximum Gasteiger partial charge on any atom is 0.306 e. The van der Waals surface area contributed by atoms with Gasteiger partial charge in [-0.2, -0.15) is 8.42 Å². The third kappa shape index (κ3) is 32.9. The van der Waals surface area contributed by atoms with E-state index in [0.29, 0.717) is 12.8 Å². The number of esters is 2. The third-order valence-corrected chi connectivity index (χ3v) is 11.3. The van der Waals surface area contributed by atoms with E-state index in [1.54, 1.807) is 0 Å². The first-order valence-corrected chi connectivity index (χ1v) is 25.5. The highest BCUT2D eigenvalue weighted by atomic mass is 32.2. The molecule has 1 heterocycles. The summed E-state index contributed by atoms with van der Waals surface area (Å²) in [7, 11) is -4.61. The van der Waals surface area contributed by atoms with Crippen LogP contribution in [0.3, 0.4) is 0 Å². The lowest BCUT2D eigenvalue weighted by Gasteiger charge is -2.40. The van der Waals surface area contributed by atoms with Crippen LogP contribution < -0.4 is 0 Å². The van der Waals surface area contributed by atoms with Crippen molar-refractivity contribution in [3.05, 3.63) is 60.8 Å². The third-order valence-electron chi connectivity index (χ3n) is 10.6. The van der Waals surface area contributed by atoms with Crippen LogP contribution in [0.1, 0.15) is 181 Å². The Labute approximate surface area is 375 Å². The SMILES string of the molecule is CC/C=C\C/C=C\C/C=C\CCCCCC(=O)OC(COC(=O)CCCCCCCCCCC/C=C\C/C=C\CCCCCCC)COC1OC(CS(=O)(=O)O)C(O)C(O)C1O. The summed E-state index contributed by atoms with van der Waals surface area (Å²) in [6.45, 7) is 3.60. The van der Waals surface area contributed by atoms with Gasteiger partial charge in [-0.25, -0.2) is 0 Å². The minimum atomic E-state index is -4.61. The molecule has 0 spiro atoms. The van der Waals surface area contributed by atoms with E-state index in [2.05, 4.69) is 74.6 Å². The summed E-state index contributed by atoms with van der Waals surface area (Å²) in [5, 5.41) is 30.9. The average molecular weight is 897 g/mol. The van der Waals surface area contributed by atoms with Crippen molar-refractivity contribution in [3.63, 3.8) is 0 Å². The van der Waals surface area contributed by atoms with Crippen LogP contribution in [-0.4, -0.2) is 96.0 Å². The first-order valence-electron chi connectivity index (χ1n) is 23.8. The zero-order chi connectivity index (χ0) is 45.5. The van der Waals surface area contributed by atoms with Gasteiger partial charge in [0, 0.05) is 12.8 Å². The van der Waals surface area contributed by atoms with Crippen molar-refractivity contribution in [2.75, 3.05) is 19.0 Å². The van der Waals surface area contributed by atoms with Crippen LogP contribution in [0, 0.1) is 0 Å². The van der Waals surface area contributed by atoms with Gasteiger partial charge in [0.05, 0.1) is 6.61 Å². The number of unbranched alkanes of at least 4 members (excludes halogenated alkanes) is 17. The van der Waals surface area contributed by atoms with Gasteiger partial charge in [0.15, 0.2) is 12.4 Å². The van der Waals surface area contributed by atoms with Gasteiger partial charge >= 0.3 is 11.9 Å². The van der Waals surface area contributed by atoms with E-state index in [4.69, 9.17) is 18.9 Å². The molecule has 0 aliphatic carbocycles. The highest BCUT2D eigenvalue weighted by Gasteiger charge is 2.46. The summed E-state index contributed by atoms with van der Waals surface area (Å²) >= 11 is 0. The molecule has 1 aliphatic heterocycles. The van der Waals surface area contributed by atoms with Crippen molar-refractivity contribution >= 4 is 22.1 Å². The van der Waals surface area contributed by atoms with E-state index >= 15 is 0 Å². The summed E-state index contributed by atoms with van der Waals surface area (Å²) in [6.07, 6.45) is 38.4. The fraction of sp³-hybridized carbons (Fsp3) is 0.755. The summed E-state index contributed by atoms with van der Waals surface area (Å²) in [5.41, 5.74) is 0. The maximum atomic E-state index is 12.8. The van der Waals surface area contributed by atoms with Crippen molar-refractivity contribution in [3.8, 4) is 0 Å². The molecule has 4 N–H and O–H groups in total. The topological polar surface area (TPSA) is 186 Å². The van der Waals surface area contributed by atoms with Gasteiger partial charge in [0.2, 0.25) is 0 Å². The molecule has 12 nitrogen and oxygen atoms in total. The minimum Gasteiger partial charge on any atom is -0.462 e. The Hall–Kier alpha value is -2.65. The smallest absolute Gasteiger partial charge is 0.306 e. The lowest BCUT2D eigenvalue weighted by Crippen LogP contribution is -2.60. The molecule has 0 saturated carbocycles. The van der Waals surface area contributed by atoms with E-state index < -0.39 is 71.2 Å². The molecule has 13 heteroatoms. The lowest BCUT2D eigenvalue weighted by atomic mass is 10.00. The van der Waals surface area contributed by atoms with Gasteiger partial charge in [-0.1, -0.05) is 152 Å². The normalized spacial score (nSPS) is 20.4. The largest absolute Gasteiger partial charge is 0.462 e. The number of ether oxygens (including phenoxy) is 4. The fourth-order valence-corrected chi connectivity index (χ4v) is 7.59. The molecular weight excluding hydrogens is 813 g/mol. The molecule has 0 bridgehead atoms. The zero-order valence-electron chi connectivity index (χ0n) is 38.2. The molecule has 1 saturated heterocycles. The molecule has 358 valence electrons. The van der Waals surface area contributed by atoms with Gasteiger partial charge in [0.25, 0.3) is 10.1 Å². The summed E-state index contributed by atoms with van der Waals surface area (Å²) in [4.78, 5) is 25.4. The molecule has 0 aromatic rings. The molecule has 1 aliphatic rings. The average Bonchev–Trinajstić information content (AvgIpc) is 3.24. The second kappa shape index (κ2) is 38.8. The van der Waals surface area contributed by atoms with Gasteiger partial charge in [-0.05, 0) is 77.0 Å². The summed E-state index contributed by atoms with van der Waals surface area (Å²) < 4.78 is 54.1. The molecule has 0 amide bonds. The molecule has 1 rings (SSSR count). The number of carbonyl (C=O) groups excluding carboxylic acids is 2. The predicted octanol–water partition coefficient (Wildman–Crippen LogP) is 10.1. The molecular formula is C49H84O12S. The minimum absolute atomic E-state index is 0.126. The predicted molar refractivity (Wildman–Crippen MR) is 247 cm³/mol. The van der Waals surface area contributed by atoms with Crippen LogP contribution >= 0.6 is 0 Å². The molecule has 0 radical (unpaired) electrons. The summed E-state index contributed by atoms with van der Waals surface area (Å²) in [6, 6.07) is 0. The Morgan fingerprint density at radius 1 is 0.565 bits per heavy atom. The number of hydrogen-bond donors (Lipinski definition) is 4. The van der Waals surface area contributed by atoms with Crippen LogP contribution in [0.2, 0.25) is 0 Å². The molecule has 6 unspecified atom stereocenters. The second-order valence-corrected chi connectivity index (χ2v) is 17.9. The molecule has 1 fully saturated rings. The van der Waals surface area contributed by atoms with Crippen LogP contribution in [0.5, 0.6) is 0 Å². The van der Waals surface area contributed by atoms with Gasteiger partial charge < -0.3 is 34.3 Å². The van der Waals surface area contributed by atoms with Crippen molar-refractivity contribution in [2.24, 2.45) is 0 Å². The molecule has 0 aromatic heterocycles. The number of hydrogen-bond acceptors (Lipinski definition) is 11. The highest BCUT2D eigenvalue weighted by molar-refractivity contribution is 7.85. The van der Waals surface area contributed by atoms with E-state index in [-0.39, 0.29) is 19.4 Å². The van der Waals surface area contributed by atoms with Crippen molar-refractivity contribution < 1.29 is 56.8 Å². The fourth-order valence-electron chi connectivity index (χ4n) is 6.90. The van der Waals surface area contributed by atoms with E-state index in [1.807, 2.05) is 0 Å². The Balaban J connectivity index is 2.40. The van der Waals surface area contributed by atoms with Crippen LogP contribution in [0.15, 0.2) is 60.8 Å². The Morgan fingerprint density at radius 2 is 1.02 bits per heavy atom. The number of allylic oxidation sites excluding steroid dienone is 10.